The molecule has 0 unspecified atom stereocenters. The molecule has 5 heteroatoms. The van der Waals surface area contributed by atoms with Gasteiger partial charge in [0.2, 0.25) is 0 Å². The number of aromatic nitrogens is 1. The molecular weight excluding hydrogens is 302 g/mol. The van der Waals surface area contributed by atoms with Crippen molar-refractivity contribution in [3.63, 3.8) is 0 Å². The Balaban J connectivity index is 1.57. The van der Waals surface area contributed by atoms with Crippen LogP contribution in [0.5, 0.6) is 0 Å². The number of ether oxygens (including phenoxy) is 1. The molecule has 134 valence electrons. The Morgan fingerprint density at radius 3 is 2.58 bits per heavy atom. The summed E-state index contributed by atoms with van der Waals surface area (Å²) in [6.07, 6.45) is 7.53. The number of hydrogen-bond donors (Lipinski definition) is 1. The summed E-state index contributed by atoms with van der Waals surface area (Å²) < 4.78 is 5.33. The normalized spacial score (nSPS) is 17.0. The number of nitrogens with one attached hydrogen (secondary N) is 1. The van der Waals surface area contributed by atoms with Crippen LogP contribution in [0.15, 0.2) is 24.5 Å². The van der Waals surface area contributed by atoms with Crippen LogP contribution in [0, 0.1) is 0 Å². The monoisotopic (exact) mass is 333 g/mol. The minimum atomic E-state index is -0.392. The second-order valence-electron chi connectivity index (χ2n) is 7.51. The van der Waals surface area contributed by atoms with Crippen LogP contribution in [-0.4, -0.2) is 53.7 Å². The van der Waals surface area contributed by atoms with Gasteiger partial charge in [-0.15, -0.1) is 0 Å². The fourth-order valence-electron chi connectivity index (χ4n) is 2.97. The highest BCUT2D eigenvalue weighted by Crippen LogP contribution is 2.12. The molecule has 24 heavy (non-hydrogen) atoms. The van der Waals surface area contributed by atoms with Gasteiger partial charge in [0.1, 0.15) is 5.60 Å². The first-order chi connectivity index (χ1) is 11.4. The molecule has 2 heterocycles. The first kappa shape index (κ1) is 18.9. The second kappa shape index (κ2) is 9.14. The maximum absolute atomic E-state index is 11.7. The zero-order valence-electron chi connectivity index (χ0n) is 15.3. The molecule has 1 aliphatic heterocycles. The summed E-state index contributed by atoms with van der Waals surface area (Å²) in [6, 6.07) is 4.69. The third kappa shape index (κ3) is 7.41. The van der Waals surface area contributed by atoms with Crippen molar-refractivity contribution >= 4 is 5.97 Å². The van der Waals surface area contributed by atoms with Gasteiger partial charge in [-0.05, 0) is 70.8 Å². The van der Waals surface area contributed by atoms with Crippen molar-refractivity contribution in [2.75, 3.05) is 26.2 Å². The molecule has 1 aliphatic rings. The Morgan fingerprint density at radius 2 is 1.96 bits per heavy atom. The number of likely N-dealkylation sites (tertiary alicyclic amines) is 1. The van der Waals surface area contributed by atoms with Gasteiger partial charge < -0.3 is 15.0 Å². The minimum Gasteiger partial charge on any atom is -0.460 e. The van der Waals surface area contributed by atoms with Crippen LogP contribution < -0.4 is 5.32 Å². The lowest BCUT2D eigenvalue weighted by Gasteiger charge is -2.32. The van der Waals surface area contributed by atoms with Crippen molar-refractivity contribution in [3.8, 4) is 0 Å². The van der Waals surface area contributed by atoms with Crippen LogP contribution in [-0.2, 0) is 16.0 Å². The zero-order chi connectivity index (χ0) is 17.4. The third-order valence-corrected chi connectivity index (χ3v) is 4.24. The van der Waals surface area contributed by atoms with E-state index in [1.807, 2.05) is 33.2 Å². The largest absolute Gasteiger partial charge is 0.460 e. The summed E-state index contributed by atoms with van der Waals surface area (Å²) >= 11 is 0. The number of esters is 1. The van der Waals surface area contributed by atoms with E-state index in [-0.39, 0.29) is 5.97 Å². The fourth-order valence-corrected chi connectivity index (χ4v) is 2.97. The van der Waals surface area contributed by atoms with E-state index in [0.717, 1.165) is 38.9 Å². The Bertz CT molecular complexity index is 491. The Kier molecular flexibility index (Phi) is 7.18. The highest BCUT2D eigenvalue weighted by Gasteiger charge is 2.20. The third-order valence-electron chi connectivity index (χ3n) is 4.24. The predicted octanol–water partition coefficient (Wildman–Crippen LogP) is 2.41. The van der Waals surface area contributed by atoms with Crippen molar-refractivity contribution < 1.29 is 9.53 Å². The van der Waals surface area contributed by atoms with Crippen LogP contribution in [0.3, 0.4) is 0 Å². The molecule has 1 fully saturated rings. The van der Waals surface area contributed by atoms with Crippen LogP contribution >= 0.6 is 0 Å². The molecule has 2 rings (SSSR count). The maximum atomic E-state index is 11.7. The van der Waals surface area contributed by atoms with Crippen molar-refractivity contribution in [2.45, 2.75) is 58.1 Å². The van der Waals surface area contributed by atoms with E-state index in [1.54, 1.807) is 0 Å². The van der Waals surface area contributed by atoms with Crippen LogP contribution in [0.2, 0.25) is 0 Å². The van der Waals surface area contributed by atoms with Crippen molar-refractivity contribution in [1.82, 2.24) is 15.2 Å². The lowest BCUT2D eigenvalue weighted by atomic mass is 10.0. The number of piperidine rings is 1. The molecule has 1 aromatic heterocycles. The minimum absolute atomic E-state index is 0.121. The quantitative estimate of drug-likeness (QED) is 0.777. The molecule has 0 bridgehead atoms. The number of pyridine rings is 1. The highest BCUT2D eigenvalue weighted by atomic mass is 16.6. The number of rotatable bonds is 7. The van der Waals surface area contributed by atoms with Crippen LogP contribution in [0.1, 0.15) is 45.6 Å². The fraction of sp³-hybridized carbons (Fsp3) is 0.684. The van der Waals surface area contributed by atoms with Crippen molar-refractivity contribution in [2.24, 2.45) is 0 Å². The average Bonchev–Trinajstić information content (AvgIpc) is 2.53. The summed E-state index contributed by atoms with van der Waals surface area (Å²) in [5.41, 5.74) is 0.958. The molecule has 5 nitrogen and oxygen atoms in total. The number of nitrogens with zero attached hydrogens (tertiary/aromatic N) is 2. The Hall–Kier alpha value is -1.46. The molecule has 0 atom stereocenters. The molecule has 0 aliphatic carbocycles. The van der Waals surface area contributed by atoms with Gasteiger partial charge in [-0.25, -0.2) is 0 Å². The molecule has 0 aromatic carbocycles. The van der Waals surface area contributed by atoms with Gasteiger partial charge >= 0.3 is 5.97 Å². The average molecular weight is 333 g/mol. The maximum Gasteiger partial charge on any atom is 0.307 e. The van der Waals surface area contributed by atoms with Gasteiger partial charge in [-0.2, -0.15) is 0 Å². The number of carbonyl (C=O) groups excluding carboxylic acids is 1. The topological polar surface area (TPSA) is 54.5 Å². The van der Waals surface area contributed by atoms with E-state index in [9.17, 15) is 4.79 Å². The van der Waals surface area contributed by atoms with Crippen molar-refractivity contribution in [3.05, 3.63) is 30.1 Å². The number of hydrogen-bond acceptors (Lipinski definition) is 5. The van der Waals surface area contributed by atoms with E-state index < -0.39 is 5.60 Å². The van der Waals surface area contributed by atoms with E-state index >= 15 is 0 Å². The summed E-state index contributed by atoms with van der Waals surface area (Å²) in [6.45, 7) is 9.76. The van der Waals surface area contributed by atoms with E-state index in [2.05, 4.69) is 27.3 Å². The zero-order valence-corrected chi connectivity index (χ0v) is 15.3. The molecule has 0 radical (unpaired) electrons. The first-order valence-corrected chi connectivity index (χ1v) is 8.99. The Morgan fingerprint density at radius 1 is 1.29 bits per heavy atom. The lowest BCUT2D eigenvalue weighted by Crippen LogP contribution is -2.43. The van der Waals surface area contributed by atoms with Gasteiger partial charge in [0.25, 0.3) is 0 Å². The van der Waals surface area contributed by atoms with Gasteiger partial charge in [0.05, 0.1) is 6.42 Å². The van der Waals surface area contributed by atoms with Gasteiger partial charge in [-0.3, -0.25) is 9.78 Å². The van der Waals surface area contributed by atoms with E-state index in [0.29, 0.717) is 19.0 Å². The first-order valence-electron chi connectivity index (χ1n) is 8.99. The Labute approximate surface area is 145 Å². The predicted molar refractivity (Wildman–Crippen MR) is 95.9 cm³/mol. The summed E-state index contributed by atoms with van der Waals surface area (Å²) in [4.78, 5) is 18.3. The lowest BCUT2D eigenvalue weighted by molar-refractivity contribution is -0.154. The summed E-state index contributed by atoms with van der Waals surface area (Å²) in [5.74, 6) is -0.121. The standard InChI is InChI=1S/C19H31N3O2/c1-19(2,3)24-18(23)6-12-21-17-8-14-22(15-9-17)13-7-16-4-10-20-11-5-16/h4-5,10-11,17,21H,6-9,12-15H2,1-3H3. The van der Waals surface area contributed by atoms with Crippen molar-refractivity contribution in [1.29, 1.82) is 0 Å². The molecule has 1 aromatic rings. The van der Waals surface area contributed by atoms with E-state index in [1.165, 1.54) is 5.56 Å². The van der Waals surface area contributed by atoms with Gasteiger partial charge in [0.15, 0.2) is 0 Å². The van der Waals surface area contributed by atoms with Crippen LogP contribution in [0.25, 0.3) is 0 Å². The summed E-state index contributed by atoms with van der Waals surface area (Å²) in [7, 11) is 0. The van der Waals surface area contributed by atoms with Gasteiger partial charge in [-0.1, -0.05) is 0 Å². The molecule has 0 saturated carbocycles. The molecule has 1 N–H and O–H groups in total. The highest BCUT2D eigenvalue weighted by molar-refractivity contribution is 5.70. The smallest absolute Gasteiger partial charge is 0.307 e. The number of carbonyl (C=O) groups is 1. The molecule has 0 amide bonds. The van der Waals surface area contributed by atoms with Crippen LogP contribution in [0.4, 0.5) is 0 Å². The van der Waals surface area contributed by atoms with E-state index in [4.69, 9.17) is 4.74 Å². The molecule has 0 spiro atoms. The second-order valence-corrected chi connectivity index (χ2v) is 7.51. The van der Waals surface area contributed by atoms with Gasteiger partial charge in [0, 0.05) is 31.5 Å². The SMILES string of the molecule is CC(C)(C)OC(=O)CCNC1CCN(CCc2ccncc2)CC1. The molecular formula is C19H31N3O2. The summed E-state index contributed by atoms with van der Waals surface area (Å²) in [5, 5.41) is 3.50. The molecule has 1 saturated heterocycles.